The van der Waals surface area contributed by atoms with Gasteiger partial charge in [0.05, 0.1) is 4.92 Å². The van der Waals surface area contributed by atoms with E-state index in [1.807, 2.05) is 29.1 Å². The van der Waals surface area contributed by atoms with Crippen LogP contribution < -0.4 is 0 Å². The fourth-order valence-corrected chi connectivity index (χ4v) is 2.25. The third-order valence-corrected chi connectivity index (χ3v) is 3.47. The maximum absolute atomic E-state index is 11.9. The molecule has 1 aromatic carbocycles. The molecular formula is C15H14N2O3. The van der Waals surface area contributed by atoms with E-state index in [2.05, 4.69) is 0 Å². The number of hydrogen-bond acceptors (Lipinski definition) is 3. The Bertz CT molecular complexity index is 671. The fourth-order valence-electron chi connectivity index (χ4n) is 2.25. The van der Waals surface area contributed by atoms with Gasteiger partial charge in [-0.2, -0.15) is 0 Å². The van der Waals surface area contributed by atoms with Gasteiger partial charge in [0.2, 0.25) is 0 Å². The summed E-state index contributed by atoms with van der Waals surface area (Å²) in [4.78, 5) is 22.2. The smallest absolute Gasteiger partial charge is 0.269 e. The van der Waals surface area contributed by atoms with Gasteiger partial charge in [0.15, 0.2) is 5.78 Å². The normalized spacial score (nSPS) is 14.2. The molecule has 1 fully saturated rings. The molecule has 1 aromatic heterocycles. The zero-order chi connectivity index (χ0) is 14.1. The van der Waals surface area contributed by atoms with Gasteiger partial charge in [0, 0.05) is 42.6 Å². The van der Waals surface area contributed by atoms with Gasteiger partial charge in [0.25, 0.3) is 5.69 Å². The summed E-state index contributed by atoms with van der Waals surface area (Å²) in [5.41, 5.74) is 1.67. The Kier molecular flexibility index (Phi) is 3.10. The van der Waals surface area contributed by atoms with E-state index < -0.39 is 4.92 Å². The monoisotopic (exact) mass is 270 g/mol. The standard InChI is InChI=1S/C15H14N2O3/c18-15(12-4-5-12)13-6-7-16(10-13)9-11-2-1-3-14(8-11)17(19)20/h1-3,6-8,10,12H,4-5,9H2. The van der Waals surface area contributed by atoms with Crippen LogP contribution >= 0.6 is 0 Å². The largest absolute Gasteiger partial charge is 0.349 e. The van der Waals surface area contributed by atoms with E-state index in [4.69, 9.17) is 0 Å². The molecule has 1 heterocycles. The van der Waals surface area contributed by atoms with Crippen molar-refractivity contribution in [2.75, 3.05) is 0 Å². The Balaban J connectivity index is 1.76. The van der Waals surface area contributed by atoms with Crippen LogP contribution in [0.3, 0.4) is 0 Å². The summed E-state index contributed by atoms with van der Waals surface area (Å²) in [6.07, 6.45) is 5.65. The van der Waals surface area contributed by atoms with E-state index in [-0.39, 0.29) is 17.4 Å². The van der Waals surface area contributed by atoms with Crippen molar-refractivity contribution in [2.45, 2.75) is 19.4 Å². The van der Waals surface area contributed by atoms with Crippen molar-refractivity contribution in [3.05, 3.63) is 64.0 Å². The van der Waals surface area contributed by atoms with Crippen molar-refractivity contribution in [1.82, 2.24) is 4.57 Å². The van der Waals surface area contributed by atoms with Crippen molar-refractivity contribution >= 4 is 11.5 Å². The average molecular weight is 270 g/mol. The van der Waals surface area contributed by atoms with Gasteiger partial charge in [-0.3, -0.25) is 14.9 Å². The third kappa shape index (κ3) is 2.61. The summed E-state index contributed by atoms with van der Waals surface area (Å²) < 4.78 is 1.88. The molecule has 0 aliphatic heterocycles. The molecule has 0 radical (unpaired) electrons. The van der Waals surface area contributed by atoms with E-state index in [0.29, 0.717) is 6.54 Å². The number of carbonyl (C=O) groups is 1. The Labute approximate surface area is 116 Å². The summed E-state index contributed by atoms with van der Waals surface area (Å²) in [5.74, 6) is 0.423. The van der Waals surface area contributed by atoms with Gasteiger partial charge in [-0.1, -0.05) is 12.1 Å². The van der Waals surface area contributed by atoms with Crippen LogP contribution in [0.1, 0.15) is 28.8 Å². The van der Waals surface area contributed by atoms with Crippen LogP contribution in [-0.4, -0.2) is 15.3 Å². The molecule has 102 valence electrons. The van der Waals surface area contributed by atoms with Crippen molar-refractivity contribution in [3.63, 3.8) is 0 Å². The van der Waals surface area contributed by atoms with Crippen molar-refractivity contribution in [2.24, 2.45) is 5.92 Å². The molecule has 5 nitrogen and oxygen atoms in total. The zero-order valence-electron chi connectivity index (χ0n) is 10.9. The number of rotatable bonds is 5. The number of nitro groups is 1. The van der Waals surface area contributed by atoms with E-state index in [1.165, 1.54) is 6.07 Å². The number of Topliss-reactive ketones (excluding diaryl/α,β-unsaturated/α-hetero) is 1. The number of benzene rings is 1. The average Bonchev–Trinajstić information content (AvgIpc) is 3.19. The van der Waals surface area contributed by atoms with Gasteiger partial charge < -0.3 is 4.57 Å². The lowest BCUT2D eigenvalue weighted by Crippen LogP contribution is -2.01. The van der Waals surface area contributed by atoms with Crippen LogP contribution in [0.5, 0.6) is 0 Å². The van der Waals surface area contributed by atoms with Crippen LogP contribution in [0, 0.1) is 16.0 Å². The zero-order valence-corrected chi connectivity index (χ0v) is 10.9. The minimum atomic E-state index is -0.402. The molecule has 1 aliphatic rings. The lowest BCUT2D eigenvalue weighted by Gasteiger charge is -2.03. The van der Waals surface area contributed by atoms with Crippen LogP contribution in [0.25, 0.3) is 0 Å². The Morgan fingerprint density at radius 1 is 1.35 bits per heavy atom. The topological polar surface area (TPSA) is 65.1 Å². The minimum Gasteiger partial charge on any atom is -0.349 e. The predicted octanol–water partition coefficient (Wildman–Crippen LogP) is 3.04. The molecule has 0 atom stereocenters. The van der Waals surface area contributed by atoms with E-state index >= 15 is 0 Å². The highest BCUT2D eigenvalue weighted by molar-refractivity contribution is 5.99. The lowest BCUT2D eigenvalue weighted by molar-refractivity contribution is -0.384. The molecular weight excluding hydrogens is 256 g/mol. The fraction of sp³-hybridized carbons (Fsp3) is 0.267. The number of non-ortho nitro benzene ring substituents is 1. The lowest BCUT2D eigenvalue weighted by atomic mass is 10.1. The Morgan fingerprint density at radius 3 is 2.85 bits per heavy atom. The Hall–Kier alpha value is -2.43. The first-order valence-electron chi connectivity index (χ1n) is 6.57. The molecule has 0 saturated heterocycles. The van der Waals surface area contributed by atoms with Crippen molar-refractivity contribution in [3.8, 4) is 0 Å². The first-order chi connectivity index (χ1) is 9.63. The molecule has 1 saturated carbocycles. The number of nitro benzene ring substituents is 1. The molecule has 3 rings (SSSR count). The number of carbonyl (C=O) groups excluding carboxylic acids is 1. The summed E-state index contributed by atoms with van der Waals surface area (Å²) >= 11 is 0. The quantitative estimate of drug-likeness (QED) is 0.476. The second kappa shape index (κ2) is 4.92. The second-order valence-corrected chi connectivity index (χ2v) is 5.14. The van der Waals surface area contributed by atoms with Crippen LogP contribution in [0.2, 0.25) is 0 Å². The van der Waals surface area contributed by atoms with Gasteiger partial charge in [-0.05, 0) is 24.5 Å². The summed E-state index contributed by atoms with van der Waals surface area (Å²) in [6.45, 7) is 0.527. The van der Waals surface area contributed by atoms with Gasteiger partial charge in [0.1, 0.15) is 0 Å². The summed E-state index contributed by atoms with van der Waals surface area (Å²) in [7, 11) is 0. The maximum atomic E-state index is 11.9. The third-order valence-electron chi connectivity index (χ3n) is 3.47. The highest BCUT2D eigenvalue weighted by atomic mass is 16.6. The predicted molar refractivity (Wildman–Crippen MR) is 73.7 cm³/mol. The molecule has 0 amide bonds. The highest BCUT2D eigenvalue weighted by Crippen LogP contribution is 2.32. The first kappa shape index (κ1) is 12.6. The van der Waals surface area contributed by atoms with Gasteiger partial charge in [-0.25, -0.2) is 0 Å². The molecule has 0 spiro atoms. The molecule has 5 heteroatoms. The van der Waals surface area contributed by atoms with Crippen LogP contribution in [-0.2, 0) is 6.54 Å². The van der Waals surface area contributed by atoms with Crippen LogP contribution in [0.4, 0.5) is 5.69 Å². The van der Waals surface area contributed by atoms with Crippen molar-refractivity contribution < 1.29 is 9.72 Å². The molecule has 0 unspecified atom stereocenters. The van der Waals surface area contributed by atoms with E-state index in [9.17, 15) is 14.9 Å². The Morgan fingerprint density at radius 2 is 2.15 bits per heavy atom. The van der Waals surface area contributed by atoms with Gasteiger partial charge >= 0.3 is 0 Å². The number of ketones is 1. The first-order valence-corrected chi connectivity index (χ1v) is 6.57. The molecule has 20 heavy (non-hydrogen) atoms. The van der Waals surface area contributed by atoms with E-state index in [0.717, 1.165) is 24.0 Å². The van der Waals surface area contributed by atoms with Crippen molar-refractivity contribution in [1.29, 1.82) is 0 Å². The maximum Gasteiger partial charge on any atom is 0.269 e. The molecule has 2 aromatic rings. The van der Waals surface area contributed by atoms with Gasteiger partial charge in [-0.15, -0.1) is 0 Å². The highest BCUT2D eigenvalue weighted by Gasteiger charge is 2.30. The van der Waals surface area contributed by atoms with Crippen LogP contribution in [0.15, 0.2) is 42.7 Å². The number of aromatic nitrogens is 1. The number of hydrogen-bond donors (Lipinski definition) is 0. The van der Waals surface area contributed by atoms with E-state index in [1.54, 1.807) is 12.1 Å². The summed E-state index contributed by atoms with van der Waals surface area (Å²) in [6, 6.07) is 8.37. The number of nitrogens with zero attached hydrogens (tertiary/aromatic N) is 2. The SMILES string of the molecule is O=C(c1ccn(Cc2cccc([N+](=O)[O-])c2)c1)C1CC1. The molecule has 0 N–H and O–H groups in total. The molecule has 1 aliphatic carbocycles. The second-order valence-electron chi connectivity index (χ2n) is 5.14. The summed E-state index contributed by atoms with van der Waals surface area (Å²) in [5, 5.41) is 10.7. The molecule has 0 bridgehead atoms. The minimum absolute atomic E-state index is 0.0870.